The number of nitrogen functional groups attached to an aromatic ring is 1. The van der Waals surface area contributed by atoms with E-state index in [1.807, 2.05) is 0 Å². The van der Waals surface area contributed by atoms with E-state index in [0.29, 0.717) is 12.1 Å². The molecule has 0 aliphatic rings. The largest absolute Gasteiger partial charge is 0.463 e. The van der Waals surface area contributed by atoms with E-state index in [4.69, 9.17) is 22.2 Å². The normalized spacial score (nSPS) is 11.2. The zero-order chi connectivity index (χ0) is 21.4. The predicted octanol–water partition coefficient (Wildman–Crippen LogP) is 1.59. The lowest BCUT2D eigenvalue weighted by Crippen LogP contribution is -2.45. The molecule has 1 aromatic carbocycles. The Morgan fingerprint density at radius 1 is 1.25 bits per heavy atom. The van der Waals surface area contributed by atoms with Gasteiger partial charge in [-0.1, -0.05) is 11.6 Å². The first-order chi connectivity index (χ1) is 12.9. The molecule has 0 aliphatic carbocycles. The standard InChI is InChI=1S/C15H10ClF4N3O5/c1-6(13(25)27-2)28-10-4-9(8(17)3-7(10)16)22-12(24)5-11(15(18,19)20)23(21)14(22)26/h3-5H,1,21H2,2H3. The third kappa shape index (κ3) is 3.86. The van der Waals surface area contributed by atoms with Gasteiger partial charge in [-0.05, 0) is 12.6 Å². The fourth-order valence-electron chi connectivity index (χ4n) is 2.05. The molecule has 0 spiro atoms. The maximum Gasteiger partial charge on any atom is 0.433 e. The van der Waals surface area contributed by atoms with Crippen molar-refractivity contribution >= 4 is 17.6 Å². The van der Waals surface area contributed by atoms with Crippen LogP contribution in [0.2, 0.25) is 5.02 Å². The van der Waals surface area contributed by atoms with Gasteiger partial charge in [-0.3, -0.25) is 4.79 Å². The lowest BCUT2D eigenvalue weighted by atomic mass is 10.2. The molecule has 2 N–H and O–H groups in total. The van der Waals surface area contributed by atoms with Crippen LogP contribution in [0.3, 0.4) is 0 Å². The summed E-state index contributed by atoms with van der Waals surface area (Å²) >= 11 is 5.77. The molecule has 0 atom stereocenters. The number of hydrogen-bond donors (Lipinski definition) is 1. The second kappa shape index (κ2) is 7.38. The topological polar surface area (TPSA) is 106 Å². The van der Waals surface area contributed by atoms with Crippen LogP contribution in [0.1, 0.15) is 5.69 Å². The fourth-order valence-corrected chi connectivity index (χ4v) is 2.24. The number of nitrogens with two attached hydrogens (primary N) is 1. The van der Waals surface area contributed by atoms with Crippen molar-refractivity contribution in [2.24, 2.45) is 0 Å². The van der Waals surface area contributed by atoms with Crippen molar-refractivity contribution in [2.45, 2.75) is 6.18 Å². The van der Waals surface area contributed by atoms with Gasteiger partial charge in [-0.25, -0.2) is 23.2 Å². The Balaban J connectivity index is 2.70. The van der Waals surface area contributed by atoms with Crippen LogP contribution in [0.4, 0.5) is 17.6 Å². The zero-order valence-corrected chi connectivity index (χ0v) is 14.6. The summed E-state index contributed by atoms with van der Waals surface area (Å²) in [5, 5.41) is -0.390. The Hall–Kier alpha value is -3.28. The van der Waals surface area contributed by atoms with Crippen LogP contribution in [0.5, 0.6) is 5.75 Å². The summed E-state index contributed by atoms with van der Waals surface area (Å²) in [5.74, 6) is 1.85. The smallest absolute Gasteiger partial charge is 0.433 e. The molecule has 0 saturated heterocycles. The highest BCUT2D eigenvalue weighted by Crippen LogP contribution is 2.31. The number of benzene rings is 1. The van der Waals surface area contributed by atoms with E-state index in [1.54, 1.807) is 0 Å². The molecule has 150 valence electrons. The van der Waals surface area contributed by atoms with Gasteiger partial charge in [-0.2, -0.15) is 13.2 Å². The number of aromatic nitrogens is 2. The lowest BCUT2D eigenvalue weighted by molar-refractivity contribution is -0.143. The number of carbonyl (C=O) groups excluding carboxylic acids is 1. The molecule has 28 heavy (non-hydrogen) atoms. The van der Waals surface area contributed by atoms with Crippen LogP contribution in [0, 0.1) is 5.82 Å². The summed E-state index contributed by atoms with van der Waals surface area (Å²) in [4.78, 5) is 35.5. The van der Waals surface area contributed by atoms with Gasteiger partial charge in [0.15, 0.2) is 5.69 Å². The minimum atomic E-state index is -5.10. The van der Waals surface area contributed by atoms with Crippen molar-refractivity contribution < 1.29 is 31.8 Å². The molecular weight excluding hydrogens is 414 g/mol. The molecule has 0 bridgehead atoms. The van der Waals surface area contributed by atoms with E-state index in [2.05, 4.69) is 11.3 Å². The predicted molar refractivity (Wildman–Crippen MR) is 88.2 cm³/mol. The van der Waals surface area contributed by atoms with Crippen LogP contribution >= 0.6 is 11.6 Å². The van der Waals surface area contributed by atoms with E-state index in [9.17, 15) is 31.9 Å². The number of rotatable bonds is 4. The first-order valence-electron chi connectivity index (χ1n) is 7.04. The monoisotopic (exact) mass is 423 g/mol. The van der Waals surface area contributed by atoms with Crippen LogP contribution in [0.15, 0.2) is 40.1 Å². The lowest BCUT2D eigenvalue weighted by Gasteiger charge is -2.15. The molecule has 0 aliphatic heterocycles. The van der Waals surface area contributed by atoms with E-state index in [0.717, 1.165) is 7.11 Å². The molecule has 0 unspecified atom stereocenters. The number of hydrogen-bond acceptors (Lipinski definition) is 6. The van der Waals surface area contributed by atoms with Crippen LogP contribution in [0.25, 0.3) is 5.69 Å². The summed E-state index contributed by atoms with van der Waals surface area (Å²) in [5.41, 5.74) is -5.75. The molecule has 1 heterocycles. The Bertz CT molecular complexity index is 1090. The summed E-state index contributed by atoms with van der Waals surface area (Å²) in [7, 11) is 1.03. The van der Waals surface area contributed by atoms with E-state index in [-0.39, 0.29) is 20.3 Å². The molecule has 0 amide bonds. The van der Waals surface area contributed by atoms with Crippen molar-refractivity contribution in [1.82, 2.24) is 9.24 Å². The van der Waals surface area contributed by atoms with Gasteiger partial charge in [0.2, 0.25) is 5.76 Å². The van der Waals surface area contributed by atoms with Gasteiger partial charge in [0.05, 0.1) is 17.8 Å². The number of halogens is 5. The quantitative estimate of drug-likeness (QED) is 0.263. The fraction of sp³-hybridized carbons (Fsp3) is 0.133. The number of carbonyl (C=O) groups is 1. The third-order valence-corrected chi connectivity index (χ3v) is 3.61. The second-order valence-electron chi connectivity index (χ2n) is 5.10. The number of alkyl halides is 3. The highest BCUT2D eigenvalue weighted by atomic mass is 35.5. The van der Waals surface area contributed by atoms with E-state index in [1.165, 1.54) is 0 Å². The Morgan fingerprint density at radius 3 is 2.39 bits per heavy atom. The zero-order valence-electron chi connectivity index (χ0n) is 13.8. The number of nitrogens with zero attached hydrogens (tertiary/aromatic N) is 2. The SMILES string of the molecule is C=C(Oc1cc(-n2c(=O)cc(C(F)(F)F)n(N)c2=O)c(F)cc1Cl)C(=O)OC. The molecule has 13 heteroatoms. The first kappa shape index (κ1) is 21.0. The Labute approximate surface area is 157 Å². The first-order valence-corrected chi connectivity index (χ1v) is 7.42. The van der Waals surface area contributed by atoms with Crippen molar-refractivity contribution in [1.29, 1.82) is 0 Å². The third-order valence-electron chi connectivity index (χ3n) is 3.32. The highest BCUT2D eigenvalue weighted by Gasteiger charge is 2.36. The Kier molecular flexibility index (Phi) is 5.54. The van der Waals surface area contributed by atoms with Gasteiger partial charge in [0.1, 0.15) is 11.6 Å². The van der Waals surface area contributed by atoms with Gasteiger partial charge in [0, 0.05) is 12.1 Å². The van der Waals surface area contributed by atoms with Gasteiger partial charge in [-0.15, -0.1) is 0 Å². The summed E-state index contributed by atoms with van der Waals surface area (Å²) in [6, 6.07) is 1.34. The molecule has 0 saturated carbocycles. The molecule has 0 radical (unpaired) electrons. The average molecular weight is 424 g/mol. The van der Waals surface area contributed by atoms with Crippen LogP contribution < -0.4 is 21.8 Å². The van der Waals surface area contributed by atoms with Gasteiger partial charge < -0.3 is 15.3 Å². The molecule has 1 aromatic heterocycles. The molecule has 0 fully saturated rings. The molecular formula is C15H10ClF4N3O5. The second-order valence-corrected chi connectivity index (χ2v) is 5.51. The van der Waals surface area contributed by atoms with Crippen molar-refractivity contribution in [3.63, 3.8) is 0 Å². The minimum absolute atomic E-state index is 0.0172. The highest BCUT2D eigenvalue weighted by molar-refractivity contribution is 6.32. The van der Waals surface area contributed by atoms with Gasteiger partial charge in [0.25, 0.3) is 5.56 Å². The number of ether oxygens (including phenoxy) is 2. The molecule has 8 nitrogen and oxygen atoms in total. The van der Waals surface area contributed by atoms with Crippen molar-refractivity contribution in [3.8, 4) is 11.4 Å². The Morgan fingerprint density at radius 2 is 1.86 bits per heavy atom. The average Bonchev–Trinajstić information content (AvgIpc) is 2.59. The van der Waals surface area contributed by atoms with Crippen LogP contribution in [-0.4, -0.2) is 22.3 Å². The van der Waals surface area contributed by atoms with E-state index < -0.39 is 52.1 Å². The summed E-state index contributed by atoms with van der Waals surface area (Å²) in [6.45, 7) is 3.25. The maximum atomic E-state index is 14.3. The van der Waals surface area contributed by atoms with Crippen LogP contribution in [-0.2, 0) is 15.7 Å². The van der Waals surface area contributed by atoms with Crippen molar-refractivity contribution in [3.05, 3.63) is 67.9 Å². The molecule has 2 rings (SSSR count). The van der Waals surface area contributed by atoms with E-state index >= 15 is 0 Å². The maximum absolute atomic E-state index is 14.3. The van der Waals surface area contributed by atoms with Gasteiger partial charge >= 0.3 is 17.8 Å². The minimum Gasteiger partial charge on any atom is -0.463 e. The molecule has 2 aromatic rings. The summed E-state index contributed by atoms with van der Waals surface area (Å²) < 4.78 is 61.8. The number of esters is 1. The summed E-state index contributed by atoms with van der Waals surface area (Å²) in [6.07, 6.45) is -5.10. The van der Waals surface area contributed by atoms with Crippen molar-refractivity contribution in [2.75, 3.05) is 13.0 Å². The number of methoxy groups -OCH3 is 1.